The van der Waals surface area contributed by atoms with Crippen LogP contribution in [-0.4, -0.2) is 31.4 Å². The highest BCUT2D eigenvalue weighted by atomic mass is 16.3. The van der Waals surface area contributed by atoms with Crippen LogP contribution in [0.4, 0.5) is 17.1 Å². The maximum Gasteiger partial charge on any atom is 0.135 e. The standard InChI is InChI=1S/C48H27B4NO/c49-44-43(30-20-25-42-40(26-30)38-16-8-9-17-41(38)54-42)45(50)47(52)48(46(44)51)53(31-21-18-29(19-22-31)28-10-2-1-3-11-28)32-23-24-37-35-14-5-4-12-33(35)34-13-6-7-15-36(34)39(37)27-32/h1-27H. The quantitative estimate of drug-likeness (QED) is 0.134. The van der Waals surface area contributed by atoms with Gasteiger partial charge in [0, 0.05) is 27.8 Å². The molecule has 10 rings (SSSR count). The molecular formula is C48H27B4NO. The molecule has 1 heterocycles. The molecule has 0 saturated heterocycles. The Morgan fingerprint density at radius 3 is 1.46 bits per heavy atom. The molecule has 0 N–H and O–H groups in total. The Balaban J connectivity index is 1.21. The first-order valence-electron chi connectivity index (χ1n) is 17.9. The molecule has 0 aliphatic rings. The van der Waals surface area contributed by atoms with Crippen molar-refractivity contribution in [2.75, 3.05) is 4.90 Å². The summed E-state index contributed by atoms with van der Waals surface area (Å²) < 4.78 is 6.10. The molecule has 0 fully saturated rings. The van der Waals surface area contributed by atoms with E-state index in [2.05, 4.69) is 108 Å². The average Bonchev–Trinajstić information content (AvgIpc) is 3.60. The number of nitrogens with zero attached hydrogens (tertiary/aromatic N) is 1. The Bertz CT molecular complexity index is 3030. The number of fused-ring (bicyclic) bond motifs is 9. The van der Waals surface area contributed by atoms with Gasteiger partial charge in [0.25, 0.3) is 0 Å². The second-order valence-corrected chi connectivity index (χ2v) is 13.8. The first-order valence-corrected chi connectivity index (χ1v) is 17.9. The molecule has 1 aromatic heterocycles. The molecule has 54 heavy (non-hydrogen) atoms. The van der Waals surface area contributed by atoms with E-state index in [0.717, 1.165) is 66.2 Å². The minimum Gasteiger partial charge on any atom is -0.456 e. The summed E-state index contributed by atoms with van der Waals surface area (Å²) in [6.07, 6.45) is 0. The third-order valence-electron chi connectivity index (χ3n) is 10.7. The number of furan rings is 1. The van der Waals surface area contributed by atoms with Crippen LogP contribution in [0.25, 0.3) is 76.5 Å². The van der Waals surface area contributed by atoms with Gasteiger partial charge < -0.3 is 9.32 Å². The van der Waals surface area contributed by atoms with Crippen molar-refractivity contribution in [2.45, 2.75) is 0 Å². The van der Waals surface area contributed by atoms with Crippen LogP contribution in [0.5, 0.6) is 0 Å². The maximum absolute atomic E-state index is 7.13. The Labute approximate surface area is 318 Å². The summed E-state index contributed by atoms with van der Waals surface area (Å²) in [5.74, 6) is 0. The zero-order chi connectivity index (χ0) is 36.5. The number of para-hydroxylation sites is 1. The number of benzene rings is 9. The zero-order valence-corrected chi connectivity index (χ0v) is 29.3. The topological polar surface area (TPSA) is 16.4 Å². The van der Waals surface area contributed by atoms with Crippen LogP contribution in [0.3, 0.4) is 0 Å². The van der Waals surface area contributed by atoms with Gasteiger partial charge in [-0.15, -0.1) is 0 Å². The third kappa shape index (κ3) is 5.01. The molecule has 8 radical (unpaired) electrons. The summed E-state index contributed by atoms with van der Waals surface area (Å²) in [7, 11) is 28.3. The van der Waals surface area contributed by atoms with E-state index < -0.39 is 0 Å². The fourth-order valence-corrected chi connectivity index (χ4v) is 8.12. The van der Waals surface area contributed by atoms with Crippen molar-refractivity contribution < 1.29 is 4.42 Å². The predicted molar refractivity (Wildman–Crippen MR) is 233 cm³/mol. The molecule has 2 nitrogen and oxygen atoms in total. The van der Waals surface area contributed by atoms with Gasteiger partial charge in [0.15, 0.2) is 0 Å². The summed E-state index contributed by atoms with van der Waals surface area (Å²) >= 11 is 0. The molecule has 0 spiro atoms. The van der Waals surface area contributed by atoms with Gasteiger partial charge in [-0.25, -0.2) is 0 Å². The fraction of sp³-hybridized carbons (Fsp3) is 0. The van der Waals surface area contributed by atoms with Crippen molar-refractivity contribution in [3.8, 4) is 22.3 Å². The van der Waals surface area contributed by atoms with Gasteiger partial charge >= 0.3 is 0 Å². The van der Waals surface area contributed by atoms with E-state index in [-0.39, 0.29) is 0 Å². The fourth-order valence-electron chi connectivity index (χ4n) is 8.12. The second-order valence-electron chi connectivity index (χ2n) is 13.8. The van der Waals surface area contributed by atoms with E-state index in [1.54, 1.807) is 0 Å². The maximum atomic E-state index is 7.13. The van der Waals surface area contributed by atoms with E-state index >= 15 is 0 Å². The molecule has 0 atom stereocenters. The van der Waals surface area contributed by atoms with Crippen molar-refractivity contribution in [3.63, 3.8) is 0 Å². The van der Waals surface area contributed by atoms with Crippen LogP contribution < -0.4 is 26.8 Å². The van der Waals surface area contributed by atoms with Gasteiger partial charge in [0.05, 0.1) is 0 Å². The van der Waals surface area contributed by atoms with Gasteiger partial charge in [-0.1, -0.05) is 143 Å². The highest BCUT2D eigenvalue weighted by Crippen LogP contribution is 2.41. The van der Waals surface area contributed by atoms with E-state index in [1.165, 1.54) is 16.2 Å². The number of hydrogen-bond acceptors (Lipinski definition) is 2. The first-order chi connectivity index (χ1) is 26.5. The average molecular weight is 677 g/mol. The Morgan fingerprint density at radius 1 is 0.333 bits per heavy atom. The SMILES string of the molecule is [B]c1c([B])c(N(c2ccc(-c3ccccc3)cc2)c2ccc3c4ccccc4c4ccccc4c3c2)c([B])c([B])c1-c1ccc2oc3ccccc3c2c1. The highest BCUT2D eigenvalue weighted by Gasteiger charge is 2.23. The lowest BCUT2D eigenvalue weighted by Gasteiger charge is -2.33. The van der Waals surface area contributed by atoms with Crippen molar-refractivity contribution in [3.05, 3.63) is 164 Å². The van der Waals surface area contributed by atoms with E-state index in [4.69, 9.17) is 35.8 Å². The van der Waals surface area contributed by atoms with Gasteiger partial charge in [-0.05, 0) is 97.0 Å². The molecular weight excluding hydrogens is 650 g/mol. The summed E-state index contributed by atoms with van der Waals surface area (Å²) in [6.45, 7) is 0. The van der Waals surface area contributed by atoms with Gasteiger partial charge in [-0.2, -0.15) is 0 Å². The lowest BCUT2D eigenvalue weighted by atomic mass is 9.64. The van der Waals surface area contributed by atoms with Crippen LogP contribution in [0.2, 0.25) is 0 Å². The Hall–Kier alpha value is -6.38. The summed E-state index contributed by atoms with van der Waals surface area (Å²) in [5, 5.41) is 8.99. The number of hydrogen-bond donors (Lipinski definition) is 0. The Morgan fingerprint density at radius 2 is 0.815 bits per heavy atom. The van der Waals surface area contributed by atoms with Crippen LogP contribution in [0, 0.1) is 0 Å². The summed E-state index contributed by atoms with van der Waals surface area (Å²) in [4.78, 5) is 2.08. The normalized spacial score (nSPS) is 11.6. The molecule has 0 saturated carbocycles. The van der Waals surface area contributed by atoms with Gasteiger partial charge in [0.2, 0.25) is 0 Å². The van der Waals surface area contributed by atoms with Crippen molar-refractivity contribution in [2.24, 2.45) is 0 Å². The number of anilines is 3. The monoisotopic (exact) mass is 677 g/mol. The summed E-state index contributed by atoms with van der Waals surface area (Å²) in [6, 6.07) is 56.2. The highest BCUT2D eigenvalue weighted by molar-refractivity contribution is 6.63. The molecule has 0 aliphatic heterocycles. The smallest absolute Gasteiger partial charge is 0.135 e. The van der Waals surface area contributed by atoms with Crippen LogP contribution >= 0.6 is 0 Å². The van der Waals surface area contributed by atoms with Crippen molar-refractivity contribution in [1.82, 2.24) is 0 Å². The first kappa shape index (κ1) is 32.3. The zero-order valence-electron chi connectivity index (χ0n) is 29.3. The van der Waals surface area contributed by atoms with E-state index in [9.17, 15) is 0 Å². The molecule has 0 amide bonds. The van der Waals surface area contributed by atoms with Crippen LogP contribution in [-0.2, 0) is 0 Å². The third-order valence-corrected chi connectivity index (χ3v) is 10.7. The molecule has 0 bridgehead atoms. The molecule has 242 valence electrons. The van der Waals surface area contributed by atoms with Crippen molar-refractivity contribution >= 4 is 125 Å². The van der Waals surface area contributed by atoms with Crippen molar-refractivity contribution in [1.29, 1.82) is 0 Å². The van der Waals surface area contributed by atoms with E-state index in [1.807, 2.05) is 60.7 Å². The minimum absolute atomic E-state index is 0.337. The lowest BCUT2D eigenvalue weighted by Crippen LogP contribution is -2.46. The number of rotatable bonds is 5. The lowest BCUT2D eigenvalue weighted by molar-refractivity contribution is 0.669. The molecule has 0 aliphatic carbocycles. The Kier molecular flexibility index (Phi) is 7.56. The molecule has 6 heteroatoms. The van der Waals surface area contributed by atoms with Gasteiger partial charge in [0.1, 0.15) is 42.6 Å². The van der Waals surface area contributed by atoms with Crippen LogP contribution in [0.1, 0.15) is 0 Å². The van der Waals surface area contributed by atoms with Gasteiger partial charge in [-0.3, -0.25) is 0 Å². The largest absolute Gasteiger partial charge is 0.456 e. The molecule has 10 aromatic rings. The van der Waals surface area contributed by atoms with Crippen LogP contribution in [0.15, 0.2) is 168 Å². The molecule has 0 unspecified atom stereocenters. The molecule has 9 aromatic carbocycles. The van der Waals surface area contributed by atoms with E-state index in [0.29, 0.717) is 33.1 Å². The summed E-state index contributed by atoms with van der Waals surface area (Å²) in [5.41, 5.74) is 8.83. The second kappa shape index (κ2) is 12.6. The minimum atomic E-state index is 0.337. The predicted octanol–water partition coefficient (Wildman–Crippen LogP) is 9.02.